The first-order chi connectivity index (χ1) is 14.1. The molecule has 0 aliphatic carbocycles. The highest BCUT2D eigenvalue weighted by atomic mass is 16.6. The molecule has 2 aromatic rings. The van der Waals surface area contributed by atoms with Crippen LogP contribution in [0.15, 0.2) is 42.5 Å². The molecule has 1 heterocycles. The van der Waals surface area contributed by atoms with Crippen molar-refractivity contribution in [2.75, 3.05) is 44.7 Å². The molecule has 1 aliphatic rings. The number of ether oxygens (including phenoxy) is 3. The molecule has 1 amide bonds. The Balaban J connectivity index is 2.00. The van der Waals surface area contributed by atoms with Crippen molar-refractivity contribution in [3.8, 4) is 5.75 Å². The molecule has 0 aromatic heterocycles. The minimum Gasteiger partial charge on any atom is -0.497 e. The molecule has 6 heteroatoms. The number of carbonyl (C=O) groups excluding carboxylic acids is 1. The molecule has 30 heavy (non-hydrogen) atoms. The molecule has 0 fully saturated rings. The summed E-state index contributed by atoms with van der Waals surface area (Å²) in [7, 11) is 7.36. The van der Waals surface area contributed by atoms with E-state index in [1.165, 1.54) is 0 Å². The smallest absolute Gasteiger partial charge is 0.414 e. The van der Waals surface area contributed by atoms with Crippen LogP contribution in [0.2, 0.25) is 0 Å². The lowest BCUT2D eigenvalue weighted by molar-refractivity contribution is -0.00285. The average molecular weight is 413 g/mol. The van der Waals surface area contributed by atoms with E-state index in [0.717, 1.165) is 28.3 Å². The minimum atomic E-state index is -0.694. The number of benzene rings is 2. The number of hydrogen-bond donors (Lipinski definition) is 0. The van der Waals surface area contributed by atoms with Gasteiger partial charge in [-0.25, -0.2) is 4.79 Å². The number of carbonyl (C=O) groups is 1. The Kier molecular flexibility index (Phi) is 5.99. The van der Waals surface area contributed by atoms with E-state index in [9.17, 15) is 4.79 Å². The fourth-order valence-corrected chi connectivity index (χ4v) is 3.79. The van der Waals surface area contributed by atoms with Gasteiger partial charge in [-0.2, -0.15) is 0 Å². The van der Waals surface area contributed by atoms with Crippen LogP contribution in [-0.2, 0) is 21.5 Å². The summed E-state index contributed by atoms with van der Waals surface area (Å²) in [6.45, 7) is 5.97. The summed E-state index contributed by atoms with van der Waals surface area (Å²) in [5.41, 5.74) is 2.70. The number of hydrogen-bond acceptors (Lipinski definition) is 5. The molecule has 0 saturated heterocycles. The van der Waals surface area contributed by atoms with E-state index < -0.39 is 11.2 Å². The number of nitrogens with zero attached hydrogens (tertiary/aromatic N) is 2. The summed E-state index contributed by atoms with van der Waals surface area (Å²) in [6.07, 6.45) is 0.243. The maximum Gasteiger partial charge on any atom is 0.414 e. The first-order valence-corrected chi connectivity index (χ1v) is 10.1. The van der Waals surface area contributed by atoms with Gasteiger partial charge in [0, 0.05) is 38.9 Å². The molecule has 1 unspecified atom stereocenters. The molecular weight excluding hydrogens is 380 g/mol. The summed E-state index contributed by atoms with van der Waals surface area (Å²) in [4.78, 5) is 16.7. The summed E-state index contributed by atoms with van der Waals surface area (Å²) < 4.78 is 17.2. The van der Waals surface area contributed by atoms with E-state index in [1.54, 1.807) is 19.1 Å². The number of anilines is 2. The first-order valence-electron chi connectivity index (χ1n) is 10.1. The Morgan fingerprint density at radius 2 is 1.77 bits per heavy atom. The Morgan fingerprint density at radius 3 is 2.30 bits per heavy atom. The van der Waals surface area contributed by atoms with Gasteiger partial charge in [0.15, 0.2) is 0 Å². The van der Waals surface area contributed by atoms with Crippen LogP contribution < -0.4 is 14.5 Å². The SMILES string of the molecule is COc1ccc2c(c1)C(Cc1ccc(N(C)C)cc1)(OC)CN2C(=O)OC(C)(C)C. The Morgan fingerprint density at radius 1 is 1.10 bits per heavy atom. The maximum atomic E-state index is 13.0. The molecule has 0 bridgehead atoms. The fourth-order valence-electron chi connectivity index (χ4n) is 3.79. The molecule has 0 saturated carbocycles. The maximum absolute atomic E-state index is 13.0. The lowest BCUT2D eigenvalue weighted by Crippen LogP contribution is -2.42. The van der Waals surface area contributed by atoms with Crippen molar-refractivity contribution < 1.29 is 19.0 Å². The van der Waals surface area contributed by atoms with Crippen molar-refractivity contribution in [2.45, 2.75) is 38.4 Å². The molecule has 162 valence electrons. The van der Waals surface area contributed by atoms with E-state index in [4.69, 9.17) is 14.2 Å². The van der Waals surface area contributed by atoms with Crippen molar-refractivity contribution in [1.82, 2.24) is 0 Å². The van der Waals surface area contributed by atoms with Gasteiger partial charge in [0.05, 0.1) is 19.3 Å². The van der Waals surface area contributed by atoms with Crippen LogP contribution in [0.3, 0.4) is 0 Å². The van der Waals surface area contributed by atoms with Gasteiger partial charge in [0.25, 0.3) is 0 Å². The zero-order valence-electron chi connectivity index (χ0n) is 19.0. The molecular formula is C24H32N2O4. The lowest BCUT2D eigenvalue weighted by atomic mass is 9.88. The van der Waals surface area contributed by atoms with Gasteiger partial charge in [-0.15, -0.1) is 0 Å². The fraction of sp³-hybridized carbons (Fsp3) is 0.458. The second kappa shape index (κ2) is 8.19. The molecule has 2 aromatic carbocycles. The highest BCUT2D eigenvalue weighted by Crippen LogP contribution is 2.45. The Bertz CT molecular complexity index is 902. The summed E-state index contributed by atoms with van der Waals surface area (Å²) in [5.74, 6) is 0.726. The normalized spacial score (nSPS) is 18.2. The van der Waals surface area contributed by atoms with Crippen LogP contribution in [0.5, 0.6) is 5.75 Å². The van der Waals surface area contributed by atoms with Crippen LogP contribution in [0.25, 0.3) is 0 Å². The van der Waals surface area contributed by atoms with Gasteiger partial charge < -0.3 is 19.1 Å². The van der Waals surface area contributed by atoms with E-state index in [1.807, 2.05) is 53.1 Å². The molecule has 0 spiro atoms. The molecule has 1 aliphatic heterocycles. The third-order valence-corrected chi connectivity index (χ3v) is 5.35. The Labute approximate surface area is 179 Å². The molecule has 3 rings (SSSR count). The first kappa shape index (κ1) is 22.0. The predicted molar refractivity (Wildman–Crippen MR) is 120 cm³/mol. The van der Waals surface area contributed by atoms with Crippen LogP contribution in [0.1, 0.15) is 31.9 Å². The second-order valence-corrected chi connectivity index (χ2v) is 8.89. The van der Waals surface area contributed by atoms with Crippen LogP contribution in [0, 0.1) is 0 Å². The molecule has 1 atom stereocenters. The highest BCUT2D eigenvalue weighted by molar-refractivity contribution is 5.91. The van der Waals surface area contributed by atoms with Crippen molar-refractivity contribution in [3.05, 3.63) is 53.6 Å². The molecule has 6 nitrogen and oxygen atoms in total. The van der Waals surface area contributed by atoms with E-state index in [2.05, 4.69) is 29.2 Å². The number of rotatable bonds is 5. The van der Waals surface area contributed by atoms with Gasteiger partial charge >= 0.3 is 6.09 Å². The zero-order valence-corrected chi connectivity index (χ0v) is 19.0. The summed E-state index contributed by atoms with van der Waals surface area (Å²) in [5, 5.41) is 0. The Hall–Kier alpha value is -2.73. The molecule has 0 radical (unpaired) electrons. The third kappa shape index (κ3) is 4.38. The number of methoxy groups -OCH3 is 2. The summed E-state index contributed by atoms with van der Waals surface area (Å²) in [6, 6.07) is 14.1. The van der Waals surface area contributed by atoms with Crippen molar-refractivity contribution in [3.63, 3.8) is 0 Å². The van der Waals surface area contributed by atoms with Gasteiger partial charge in [-0.3, -0.25) is 4.90 Å². The van der Waals surface area contributed by atoms with E-state index in [-0.39, 0.29) is 6.09 Å². The third-order valence-electron chi connectivity index (χ3n) is 5.35. The standard InChI is InChI=1S/C24H32N2O4/c1-23(2,3)30-22(27)26-16-24(29-7,20-14-19(28-6)12-13-21(20)26)15-17-8-10-18(11-9-17)25(4)5/h8-14H,15-16H2,1-7H3. The van der Waals surface area contributed by atoms with Crippen LogP contribution in [0.4, 0.5) is 16.2 Å². The quantitative estimate of drug-likeness (QED) is 0.718. The zero-order chi connectivity index (χ0) is 22.1. The van der Waals surface area contributed by atoms with Crippen molar-refractivity contribution >= 4 is 17.5 Å². The van der Waals surface area contributed by atoms with E-state index in [0.29, 0.717) is 13.0 Å². The van der Waals surface area contributed by atoms with Crippen molar-refractivity contribution in [2.24, 2.45) is 0 Å². The van der Waals surface area contributed by atoms with Gasteiger partial charge in [0.2, 0.25) is 0 Å². The molecule has 0 N–H and O–H groups in total. The number of fused-ring (bicyclic) bond motifs is 1. The van der Waals surface area contributed by atoms with Crippen LogP contribution >= 0.6 is 0 Å². The monoisotopic (exact) mass is 412 g/mol. The minimum absolute atomic E-state index is 0.371. The lowest BCUT2D eigenvalue weighted by Gasteiger charge is -2.30. The summed E-state index contributed by atoms with van der Waals surface area (Å²) >= 11 is 0. The largest absolute Gasteiger partial charge is 0.497 e. The average Bonchev–Trinajstić information content (AvgIpc) is 3.01. The highest BCUT2D eigenvalue weighted by Gasteiger charge is 2.46. The number of amides is 1. The van der Waals surface area contributed by atoms with Gasteiger partial charge in [-0.1, -0.05) is 12.1 Å². The van der Waals surface area contributed by atoms with Crippen LogP contribution in [-0.4, -0.2) is 46.6 Å². The second-order valence-electron chi connectivity index (χ2n) is 8.89. The predicted octanol–water partition coefficient (Wildman–Crippen LogP) is 4.60. The van der Waals surface area contributed by atoms with Gasteiger partial charge in [-0.05, 0) is 56.7 Å². The van der Waals surface area contributed by atoms with E-state index >= 15 is 0 Å². The van der Waals surface area contributed by atoms with Crippen molar-refractivity contribution in [1.29, 1.82) is 0 Å². The van der Waals surface area contributed by atoms with Gasteiger partial charge in [0.1, 0.15) is 17.0 Å². The topological polar surface area (TPSA) is 51.2 Å².